The molecule has 49 heavy (non-hydrogen) atoms. The Labute approximate surface area is 288 Å². The molecule has 1 spiro atoms. The van der Waals surface area contributed by atoms with E-state index < -0.39 is 5.41 Å². The van der Waals surface area contributed by atoms with Crippen molar-refractivity contribution < 1.29 is 0 Å². The first kappa shape index (κ1) is 27.1. The van der Waals surface area contributed by atoms with Crippen LogP contribution in [0.1, 0.15) is 39.7 Å². The molecule has 3 heterocycles. The first-order valence-corrected chi connectivity index (χ1v) is 17.7. The minimum Gasteiger partial charge on any atom is -0.346 e. The minimum absolute atomic E-state index is 0.357. The van der Waals surface area contributed by atoms with Gasteiger partial charge in [0.15, 0.2) is 0 Å². The second-order valence-corrected chi connectivity index (χ2v) is 14.2. The van der Waals surface area contributed by atoms with Crippen molar-refractivity contribution in [2.45, 2.75) is 21.5 Å². The largest absolute Gasteiger partial charge is 0.346 e. The summed E-state index contributed by atoms with van der Waals surface area (Å²) in [6.45, 7) is 0. The quantitative estimate of drug-likeness (QED) is 0.203. The van der Waals surface area contributed by atoms with Crippen LogP contribution in [-0.2, 0) is 5.41 Å². The lowest BCUT2D eigenvalue weighted by Crippen LogP contribution is -2.31. The number of rotatable bonds is 2. The Bertz CT molecular complexity index is 2640. The fraction of sp³-hybridized carbons (Fsp3) is 0.0444. The SMILES string of the molecule is c1ccc(C2=NC(n3c4ccccc4c4ccc5c(c43)-c3ccccc3C53c4ccccc4Sc4ccccc43)Nc3ccccc32)cc1. The van der Waals surface area contributed by atoms with Crippen LogP contribution in [0.2, 0.25) is 0 Å². The molecular weight excluding hydrogens is 615 g/mol. The molecule has 0 bridgehead atoms. The van der Waals surface area contributed by atoms with Crippen molar-refractivity contribution in [3.63, 3.8) is 0 Å². The first-order chi connectivity index (χ1) is 24.3. The number of para-hydroxylation sites is 2. The highest BCUT2D eigenvalue weighted by atomic mass is 32.2. The van der Waals surface area contributed by atoms with E-state index in [2.05, 4.69) is 174 Å². The second kappa shape index (κ2) is 10.1. The number of nitrogens with one attached hydrogen (secondary N) is 1. The fourth-order valence-electron chi connectivity index (χ4n) is 8.80. The lowest BCUT2D eigenvalue weighted by atomic mass is 9.67. The van der Waals surface area contributed by atoms with Crippen LogP contribution >= 0.6 is 11.8 Å². The van der Waals surface area contributed by atoms with Gasteiger partial charge in [0, 0.05) is 42.9 Å². The number of aromatic nitrogens is 1. The third kappa shape index (κ3) is 3.56. The highest BCUT2D eigenvalue weighted by Gasteiger charge is 2.51. The van der Waals surface area contributed by atoms with Crippen molar-refractivity contribution >= 4 is 45.0 Å². The summed E-state index contributed by atoms with van der Waals surface area (Å²) >= 11 is 1.88. The van der Waals surface area contributed by atoms with Gasteiger partial charge in [-0.1, -0.05) is 151 Å². The maximum atomic E-state index is 5.56. The van der Waals surface area contributed by atoms with Crippen molar-refractivity contribution in [2.75, 3.05) is 5.32 Å². The van der Waals surface area contributed by atoms with Crippen molar-refractivity contribution in [1.29, 1.82) is 0 Å². The molecule has 0 saturated heterocycles. The van der Waals surface area contributed by atoms with Crippen LogP contribution in [-0.4, -0.2) is 10.3 Å². The summed E-state index contributed by atoms with van der Waals surface area (Å²) in [6, 6.07) is 59.9. The molecule has 7 aromatic carbocycles. The van der Waals surface area contributed by atoms with Crippen LogP contribution in [0.5, 0.6) is 0 Å². The summed E-state index contributed by atoms with van der Waals surface area (Å²) in [7, 11) is 0. The zero-order chi connectivity index (χ0) is 32.1. The van der Waals surface area contributed by atoms with E-state index in [-0.39, 0.29) is 6.29 Å². The molecule has 0 amide bonds. The zero-order valence-corrected chi connectivity index (χ0v) is 27.3. The third-order valence-electron chi connectivity index (χ3n) is 10.7. The highest BCUT2D eigenvalue weighted by molar-refractivity contribution is 7.99. The Balaban J connectivity index is 1.28. The number of anilines is 1. The van der Waals surface area contributed by atoms with E-state index in [4.69, 9.17) is 4.99 Å². The maximum absolute atomic E-state index is 5.56. The normalized spacial score (nSPS) is 16.3. The van der Waals surface area contributed by atoms with E-state index in [9.17, 15) is 0 Å². The van der Waals surface area contributed by atoms with E-state index >= 15 is 0 Å². The predicted molar refractivity (Wildman–Crippen MR) is 202 cm³/mol. The van der Waals surface area contributed by atoms with E-state index in [1.54, 1.807) is 0 Å². The summed E-state index contributed by atoms with van der Waals surface area (Å²) in [4.78, 5) is 8.18. The molecule has 4 heteroatoms. The van der Waals surface area contributed by atoms with Crippen LogP contribution in [0.3, 0.4) is 0 Å². The molecule has 2 aliphatic heterocycles. The van der Waals surface area contributed by atoms with Crippen molar-refractivity contribution in [3.05, 3.63) is 197 Å². The Kier molecular flexibility index (Phi) is 5.59. The Hall–Kier alpha value is -5.84. The summed E-state index contributed by atoms with van der Waals surface area (Å²) in [5.41, 5.74) is 14.2. The Morgan fingerprint density at radius 1 is 0.531 bits per heavy atom. The van der Waals surface area contributed by atoms with Crippen molar-refractivity contribution in [1.82, 2.24) is 4.57 Å². The zero-order valence-electron chi connectivity index (χ0n) is 26.5. The average molecular weight is 644 g/mol. The van der Waals surface area contributed by atoms with Gasteiger partial charge >= 0.3 is 0 Å². The molecule has 3 aliphatic rings. The smallest absolute Gasteiger partial charge is 0.201 e. The lowest BCUT2D eigenvalue weighted by molar-refractivity contribution is 0.624. The summed E-state index contributed by atoms with van der Waals surface area (Å²) in [5.74, 6) is 0. The van der Waals surface area contributed by atoms with E-state index in [0.717, 1.165) is 28.0 Å². The summed E-state index contributed by atoms with van der Waals surface area (Å²) in [6.07, 6.45) is -0.357. The molecule has 1 unspecified atom stereocenters. The number of nitrogens with zero attached hydrogens (tertiary/aromatic N) is 2. The molecule has 0 radical (unpaired) electrons. The van der Waals surface area contributed by atoms with Gasteiger partial charge in [-0.15, -0.1) is 0 Å². The summed E-state index contributed by atoms with van der Waals surface area (Å²) in [5, 5.41) is 6.35. The van der Waals surface area contributed by atoms with Gasteiger partial charge in [-0.25, -0.2) is 4.99 Å². The average Bonchev–Trinajstić information content (AvgIpc) is 3.66. The number of aliphatic imine (C=N–C) groups is 1. The molecule has 8 aromatic rings. The van der Waals surface area contributed by atoms with Crippen molar-refractivity contribution in [2.24, 2.45) is 4.99 Å². The van der Waals surface area contributed by atoms with Crippen LogP contribution < -0.4 is 5.32 Å². The topological polar surface area (TPSA) is 29.3 Å². The molecule has 1 atom stereocenters. The molecule has 0 fully saturated rings. The van der Waals surface area contributed by atoms with Crippen LogP contribution in [0.4, 0.5) is 5.69 Å². The molecule has 1 aromatic heterocycles. The third-order valence-corrected chi connectivity index (χ3v) is 11.8. The van der Waals surface area contributed by atoms with Gasteiger partial charge in [0.25, 0.3) is 0 Å². The number of hydrogen-bond acceptors (Lipinski definition) is 3. The molecule has 0 saturated carbocycles. The van der Waals surface area contributed by atoms with Crippen molar-refractivity contribution in [3.8, 4) is 11.1 Å². The highest BCUT2D eigenvalue weighted by Crippen LogP contribution is 2.63. The summed E-state index contributed by atoms with van der Waals surface area (Å²) < 4.78 is 2.47. The molecule has 230 valence electrons. The Morgan fingerprint density at radius 3 is 1.96 bits per heavy atom. The maximum Gasteiger partial charge on any atom is 0.201 e. The van der Waals surface area contributed by atoms with Gasteiger partial charge in [0.05, 0.1) is 22.2 Å². The van der Waals surface area contributed by atoms with Gasteiger partial charge in [0.2, 0.25) is 6.29 Å². The molecule has 1 aliphatic carbocycles. The lowest BCUT2D eigenvalue weighted by Gasteiger charge is -2.39. The number of hydrogen-bond donors (Lipinski definition) is 1. The molecule has 1 N–H and O–H groups in total. The number of fused-ring (bicyclic) bond motifs is 14. The Morgan fingerprint density at radius 2 is 1.16 bits per heavy atom. The molecule has 11 rings (SSSR count). The first-order valence-electron chi connectivity index (χ1n) is 16.8. The van der Waals surface area contributed by atoms with Gasteiger partial charge in [-0.05, 0) is 52.1 Å². The predicted octanol–water partition coefficient (Wildman–Crippen LogP) is 11.0. The van der Waals surface area contributed by atoms with Crippen LogP contribution in [0.25, 0.3) is 32.9 Å². The van der Waals surface area contributed by atoms with Gasteiger partial charge in [-0.2, -0.15) is 0 Å². The van der Waals surface area contributed by atoms with Gasteiger partial charge in [-0.3, -0.25) is 0 Å². The number of benzene rings is 7. The van der Waals surface area contributed by atoms with E-state index in [1.807, 2.05) is 11.8 Å². The minimum atomic E-state index is -0.440. The molecule has 3 nitrogen and oxygen atoms in total. The van der Waals surface area contributed by atoms with Crippen LogP contribution in [0.15, 0.2) is 179 Å². The molecular formula is C45H29N3S. The van der Waals surface area contributed by atoms with E-state index in [0.29, 0.717) is 0 Å². The van der Waals surface area contributed by atoms with Gasteiger partial charge in [0.1, 0.15) is 0 Å². The standard InChI is InChI=1S/C45H29N3S/c1-2-14-28(15-3-1)42-32-18-5-10-22-37(32)46-44(47-42)48-38-23-11-6-16-29(38)30-26-27-36-41(43(30)48)31-17-4-7-19-33(31)45(36)34-20-8-12-24-39(34)49-40-25-13-9-21-35(40)45/h1-27,44,46H. The monoisotopic (exact) mass is 643 g/mol. The van der Waals surface area contributed by atoms with Crippen LogP contribution in [0, 0.1) is 0 Å². The van der Waals surface area contributed by atoms with E-state index in [1.165, 1.54) is 59.5 Å². The fourth-order valence-corrected chi connectivity index (χ4v) is 10.00. The van der Waals surface area contributed by atoms with Gasteiger partial charge < -0.3 is 9.88 Å². The second-order valence-electron chi connectivity index (χ2n) is 13.1.